The summed E-state index contributed by atoms with van der Waals surface area (Å²) in [5.41, 5.74) is 8.96. The van der Waals surface area contributed by atoms with E-state index in [1.54, 1.807) is 37.2 Å². The minimum Gasteiger partial charge on any atom is -0.465 e. The number of thiazole rings is 1. The van der Waals surface area contributed by atoms with Crippen LogP contribution in [0.2, 0.25) is 0 Å². The number of fused-ring (bicyclic) bond motifs is 1. The second-order valence-electron chi connectivity index (χ2n) is 20.2. The summed E-state index contributed by atoms with van der Waals surface area (Å²) in [6.45, 7) is 20.1. The second-order valence-corrected chi connectivity index (χ2v) is 21.2. The number of amides is 4. The highest BCUT2D eigenvalue weighted by molar-refractivity contribution is 7.10. The molecule has 6 heterocycles. The van der Waals surface area contributed by atoms with Crippen molar-refractivity contribution in [3.05, 3.63) is 58.2 Å². The molecular formula is C53H71N9O7S. The van der Waals surface area contributed by atoms with Crippen LogP contribution in [0.15, 0.2) is 41.9 Å². The summed E-state index contributed by atoms with van der Waals surface area (Å²) >= 11 is 1.42. The van der Waals surface area contributed by atoms with Crippen molar-refractivity contribution >= 4 is 51.8 Å². The summed E-state index contributed by atoms with van der Waals surface area (Å²) in [5.74, 6) is 3.88. The average molecular weight is 978 g/mol. The topological polar surface area (TPSA) is 172 Å². The van der Waals surface area contributed by atoms with Crippen LogP contribution in [0.3, 0.4) is 0 Å². The molecule has 3 aliphatic rings. The van der Waals surface area contributed by atoms with Gasteiger partial charge in [-0.2, -0.15) is 0 Å². The summed E-state index contributed by atoms with van der Waals surface area (Å²) in [6, 6.07) is 8.51. The van der Waals surface area contributed by atoms with Crippen molar-refractivity contribution < 1.29 is 33.4 Å². The molecule has 1 aromatic carbocycles. The lowest BCUT2D eigenvalue weighted by molar-refractivity contribution is -0.144. The number of hydrogen-bond acceptors (Lipinski definition) is 12. The van der Waals surface area contributed by atoms with Gasteiger partial charge in [0.1, 0.15) is 12.1 Å². The van der Waals surface area contributed by atoms with E-state index in [0.717, 1.165) is 77.0 Å². The molecular weight excluding hydrogens is 907 g/mol. The van der Waals surface area contributed by atoms with Gasteiger partial charge in [-0.1, -0.05) is 25.8 Å². The molecule has 2 N–H and O–H groups in total. The van der Waals surface area contributed by atoms with E-state index in [1.165, 1.54) is 23.2 Å². The number of aromatic nitrogens is 3. The molecule has 0 aliphatic carbocycles. The summed E-state index contributed by atoms with van der Waals surface area (Å²) in [4.78, 5) is 82.3. The molecule has 4 atom stereocenters. The fourth-order valence-corrected chi connectivity index (χ4v) is 10.4. The highest BCUT2D eigenvalue weighted by Gasteiger charge is 2.37. The molecule has 70 heavy (non-hydrogen) atoms. The van der Waals surface area contributed by atoms with Crippen molar-refractivity contribution in [3.63, 3.8) is 0 Å². The van der Waals surface area contributed by atoms with Crippen molar-refractivity contribution in [3.8, 4) is 34.4 Å². The fraction of sp³-hybridized carbons (Fsp3) is 0.566. The van der Waals surface area contributed by atoms with Gasteiger partial charge in [-0.3, -0.25) is 38.9 Å². The van der Waals surface area contributed by atoms with E-state index in [4.69, 9.17) is 19.4 Å². The van der Waals surface area contributed by atoms with Crippen LogP contribution in [0.1, 0.15) is 103 Å². The number of carbonyl (C=O) groups is 5. The number of hydrazine groups is 1. The SMILES string of the molecule is CCn1c(-c2cccnc2[C@H](C)OC)c(CC(C)(C)COC(C)=O)c2cc(-c3csc(C[C@H](NC(=O)[C@H](C)N(C)C(=O)[C@H]4CCN(C(=O)C#CC(C)(C)N5CCC5)C4)C(=O)N4CCCCN4)n3)ccc21. The quantitative estimate of drug-likeness (QED) is 0.0937. The predicted octanol–water partition coefficient (Wildman–Crippen LogP) is 6.02. The molecule has 4 amide bonds. The Bertz CT molecular complexity index is 2640. The molecule has 3 fully saturated rings. The fourth-order valence-electron chi connectivity index (χ4n) is 9.59. The summed E-state index contributed by atoms with van der Waals surface area (Å²) in [6.07, 6.45) is 5.63. The lowest BCUT2D eigenvalue weighted by Gasteiger charge is -2.41. The second kappa shape index (κ2) is 22.2. The number of likely N-dealkylation sites (tertiary alicyclic amines) is 2. The van der Waals surface area contributed by atoms with Gasteiger partial charge >= 0.3 is 5.97 Å². The number of rotatable bonds is 17. The van der Waals surface area contributed by atoms with Crippen LogP contribution in [0, 0.1) is 23.2 Å². The molecule has 3 aliphatic heterocycles. The van der Waals surface area contributed by atoms with E-state index in [9.17, 15) is 24.0 Å². The normalized spacial score (nSPS) is 17.8. The van der Waals surface area contributed by atoms with Crippen molar-refractivity contribution in [2.24, 2.45) is 11.3 Å². The van der Waals surface area contributed by atoms with Gasteiger partial charge in [0.25, 0.3) is 11.8 Å². The van der Waals surface area contributed by atoms with E-state index >= 15 is 0 Å². The Hall–Kier alpha value is -5.67. The van der Waals surface area contributed by atoms with E-state index in [0.29, 0.717) is 44.0 Å². The highest BCUT2D eigenvalue weighted by atomic mass is 32.1. The maximum Gasteiger partial charge on any atom is 0.302 e. The van der Waals surface area contributed by atoms with Crippen molar-refractivity contribution in [1.29, 1.82) is 0 Å². The summed E-state index contributed by atoms with van der Waals surface area (Å²) < 4.78 is 13.7. The van der Waals surface area contributed by atoms with Crippen LogP contribution in [0.5, 0.6) is 0 Å². The first-order valence-electron chi connectivity index (χ1n) is 24.7. The Labute approximate surface area is 416 Å². The lowest BCUT2D eigenvalue weighted by atomic mass is 9.84. The molecule has 0 bridgehead atoms. The van der Waals surface area contributed by atoms with Crippen LogP contribution in [0.25, 0.3) is 33.4 Å². The molecule has 0 unspecified atom stereocenters. The number of hydrogen-bond donors (Lipinski definition) is 2. The van der Waals surface area contributed by atoms with Gasteiger partial charge in [-0.25, -0.2) is 10.4 Å². The van der Waals surface area contributed by atoms with Gasteiger partial charge in [0.2, 0.25) is 11.8 Å². The molecule has 16 nitrogen and oxygen atoms in total. The molecule has 0 spiro atoms. The number of ether oxygens (including phenoxy) is 2. The van der Waals surface area contributed by atoms with Gasteiger partial charge in [-0.15, -0.1) is 11.3 Å². The Morgan fingerprint density at radius 3 is 2.49 bits per heavy atom. The maximum atomic E-state index is 14.2. The number of methoxy groups -OCH3 is 1. The minimum atomic E-state index is -0.959. The van der Waals surface area contributed by atoms with Crippen LogP contribution in [-0.4, -0.2) is 141 Å². The number of carbonyl (C=O) groups excluding carboxylic acids is 5. The van der Waals surface area contributed by atoms with Gasteiger partial charge in [-0.05, 0) is 102 Å². The van der Waals surface area contributed by atoms with Gasteiger partial charge in [0, 0.05) is 112 Å². The summed E-state index contributed by atoms with van der Waals surface area (Å²) in [7, 11) is 3.28. The molecule has 0 radical (unpaired) electrons. The largest absolute Gasteiger partial charge is 0.465 e. The molecule has 3 saturated heterocycles. The Morgan fingerprint density at radius 2 is 1.81 bits per heavy atom. The third-order valence-electron chi connectivity index (χ3n) is 14.1. The maximum absolute atomic E-state index is 14.2. The van der Waals surface area contributed by atoms with E-state index in [-0.39, 0.29) is 49.4 Å². The molecule has 4 aromatic rings. The zero-order valence-electron chi connectivity index (χ0n) is 42.6. The van der Waals surface area contributed by atoms with Crippen LogP contribution >= 0.6 is 11.3 Å². The van der Waals surface area contributed by atoms with E-state index in [1.807, 2.05) is 32.2 Å². The first kappa shape index (κ1) is 52.2. The van der Waals surface area contributed by atoms with Crippen molar-refractivity contribution in [2.75, 3.05) is 60.0 Å². The third-order valence-corrected chi connectivity index (χ3v) is 15.0. The van der Waals surface area contributed by atoms with Crippen LogP contribution < -0.4 is 10.7 Å². The molecule has 0 saturated carbocycles. The zero-order chi connectivity index (χ0) is 50.5. The monoisotopic (exact) mass is 978 g/mol. The highest BCUT2D eigenvalue weighted by Crippen LogP contribution is 2.42. The number of likely N-dealkylation sites (N-methyl/N-ethyl adjacent to an activating group) is 1. The Morgan fingerprint density at radius 1 is 1.04 bits per heavy atom. The van der Waals surface area contributed by atoms with Crippen LogP contribution in [-0.2, 0) is 52.8 Å². The molecule has 376 valence electrons. The molecule has 17 heteroatoms. The van der Waals surface area contributed by atoms with Gasteiger partial charge in [0.15, 0.2) is 0 Å². The van der Waals surface area contributed by atoms with Gasteiger partial charge < -0.3 is 29.2 Å². The predicted molar refractivity (Wildman–Crippen MR) is 271 cm³/mol. The van der Waals surface area contributed by atoms with Crippen molar-refractivity contribution in [2.45, 2.75) is 124 Å². The zero-order valence-corrected chi connectivity index (χ0v) is 43.5. The number of esters is 1. The number of benzene rings is 1. The number of nitrogens with zero attached hydrogens (tertiary/aromatic N) is 7. The summed E-state index contributed by atoms with van der Waals surface area (Å²) in [5, 5.41) is 8.26. The smallest absolute Gasteiger partial charge is 0.302 e. The van der Waals surface area contributed by atoms with Crippen molar-refractivity contribution in [1.82, 2.24) is 45.0 Å². The minimum absolute atomic E-state index is 0.142. The lowest BCUT2D eigenvalue weighted by Crippen LogP contribution is -2.58. The molecule has 7 rings (SSSR count). The van der Waals surface area contributed by atoms with Gasteiger partial charge in [0.05, 0.1) is 46.3 Å². The number of pyridine rings is 1. The van der Waals surface area contributed by atoms with Crippen LogP contribution in [0.4, 0.5) is 0 Å². The Balaban J connectivity index is 1.12. The standard InChI is InChI=1S/C53H71N9O7S/c1-11-61-44-18-17-37(28-40(44)41(30-52(5,6)33-69-36(4)63)48(61)39-16-14-22-54-47(39)35(3)68-10)43-32-70-45(56-43)29-42(51(67)62-26-13-12-23-55-62)57-49(65)34(2)58(9)50(66)38-20-27-59(31-38)46(64)19-21-53(7,8)60-24-15-25-60/h14,16-18,22,28,32,34-35,38,42,55H,11-13,15,20,23-27,29-31,33H2,1-10H3,(H,57,65)/t34-,35-,38-,42-/m0/s1. The third kappa shape index (κ3) is 11.7. The van der Waals surface area contributed by atoms with E-state index < -0.39 is 34.9 Å². The first-order chi connectivity index (χ1) is 33.3. The molecule has 3 aromatic heterocycles. The number of nitrogens with one attached hydrogen (secondary N) is 2. The van der Waals surface area contributed by atoms with E-state index in [2.05, 4.69) is 77.1 Å². The Kier molecular flexibility index (Phi) is 16.5. The number of aryl methyl sites for hydroxylation is 1. The first-order valence-corrected chi connectivity index (χ1v) is 25.6. The average Bonchev–Trinajstić information content (AvgIpc) is 4.09.